The molecule has 1 aromatic rings. The van der Waals surface area contributed by atoms with Crippen molar-refractivity contribution in [1.29, 1.82) is 0 Å². The van der Waals surface area contributed by atoms with Crippen LogP contribution < -0.4 is 10.1 Å². The molecule has 0 aromatic heterocycles. The Kier molecular flexibility index (Phi) is 5.57. The van der Waals surface area contributed by atoms with Gasteiger partial charge in [-0.1, -0.05) is 20.8 Å². The van der Waals surface area contributed by atoms with Crippen molar-refractivity contribution in [1.82, 2.24) is 5.32 Å². The number of methoxy groups -OCH3 is 1. The lowest BCUT2D eigenvalue weighted by molar-refractivity contribution is 0.0897. The van der Waals surface area contributed by atoms with Crippen LogP contribution in [0, 0.1) is 12.3 Å². The lowest BCUT2D eigenvalue weighted by Crippen LogP contribution is -2.40. The van der Waals surface area contributed by atoms with Crippen molar-refractivity contribution in [2.45, 2.75) is 40.2 Å². The van der Waals surface area contributed by atoms with Crippen LogP contribution in [0.4, 0.5) is 0 Å². The maximum atomic E-state index is 12.3. The zero-order valence-corrected chi connectivity index (χ0v) is 13.0. The first-order valence-electron chi connectivity index (χ1n) is 6.83. The molecule has 0 heterocycles. The number of carbonyl (C=O) groups excluding carboxylic acids is 1. The van der Waals surface area contributed by atoms with E-state index < -0.39 is 0 Å². The summed E-state index contributed by atoms with van der Waals surface area (Å²) in [7, 11) is 1.60. The summed E-state index contributed by atoms with van der Waals surface area (Å²) in [6.07, 6.45) is 0.727. The van der Waals surface area contributed by atoms with Crippen LogP contribution in [-0.4, -0.2) is 30.8 Å². The Labute approximate surface area is 121 Å². The average molecular weight is 279 g/mol. The third-order valence-electron chi connectivity index (χ3n) is 3.09. The normalized spacial score (nSPS) is 12.9. The van der Waals surface area contributed by atoms with Gasteiger partial charge in [0, 0.05) is 5.56 Å². The fraction of sp³-hybridized carbons (Fsp3) is 0.562. The molecule has 1 unspecified atom stereocenters. The minimum Gasteiger partial charge on any atom is -0.497 e. The predicted octanol–water partition coefficient (Wildman–Crippen LogP) is 2.53. The Morgan fingerprint density at radius 2 is 2.05 bits per heavy atom. The van der Waals surface area contributed by atoms with Crippen molar-refractivity contribution in [2.24, 2.45) is 5.41 Å². The van der Waals surface area contributed by atoms with Crippen LogP contribution in [0.2, 0.25) is 0 Å². The topological polar surface area (TPSA) is 58.6 Å². The van der Waals surface area contributed by atoms with Gasteiger partial charge in [0.1, 0.15) is 5.75 Å². The monoisotopic (exact) mass is 279 g/mol. The third-order valence-corrected chi connectivity index (χ3v) is 3.09. The molecule has 0 aliphatic heterocycles. The average Bonchev–Trinajstić information content (AvgIpc) is 2.35. The number of aliphatic hydroxyl groups is 1. The number of amides is 1. The van der Waals surface area contributed by atoms with Crippen molar-refractivity contribution in [2.75, 3.05) is 13.7 Å². The van der Waals surface area contributed by atoms with E-state index in [4.69, 9.17) is 4.74 Å². The van der Waals surface area contributed by atoms with Gasteiger partial charge in [-0.25, -0.2) is 0 Å². The van der Waals surface area contributed by atoms with Gasteiger partial charge < -0.3 is 15.2 Å². The summed E-state index contributed by atoms with van der Waals surface area (Å²) in [5.74, 6) is 0.570. The number of aryl methyl sites for hydroxylation is 1. The summed E-state index contributed by atoms with van der Waals surface area (Å²) < 4.78 is 5.13. The third kappa shape index (κ3) is 4.85. The molecule has 0 aliphatic carbocycles. The van der Waals surface area contributed by atoms with Crippen LogP contribution >= 0.6 is 0 Å². The van der Waals surface area contributed by atoms with Crippen LogP contribution in [0.25, 0.3) is 0 Å². The Morgan fingerprint density at radius 1 is 1.40 bits per heavy atom. The largest absolute Gasteiger partial charge is 0.497 e. The first-order valence-corrected chi connectivity index (χ1v) is 6.83. The highest BCUT2D eigenvalue weighted by Crippen LogP contribution is 2.21. The standard InChI is InChI=1S/C16H25NO3/c1-11-8-13(20-5)6-7-14(11)15(19)17-12(10-18)9-16(2,3)4/h6-8,12,18H,9-10H2,1-5H3,(H,17,19). The summed E-state index contributed by atoms with van der Waals surface area (Å²) in [6, 6.07) is 5.10. The first-order chi connectivity index (χ1) is 9.26. The highest BCUT2D eigenvalue weighted by Gasteiger charge is 2.21. The molecule has 1 atom stereocenters. The number of aliphatic hydroxyl groups excluding tert-OH is 1. The second-order valence-corrected chi connectivity index (χ2v) is 6.30. The van der Waals surface area contributed by atoms with Gasteiger partial charge in [-0.2, -0.15) is 0 Å². The lowest BCUT2D eigenvalue weighted by atomic mass is 9.88. The molecule has 112 valence electrons. The molecule has 0 saturated carbocycles. The van der Waals surface area contributed by atoms with Crippen molar-refractivity contribution >= 4 is 5.91 Å². The summed E-state index contributed by atoms with van der Waals surface area (Å²) in [5.41, 5.74) is 1.52. The fourth-order valence-corrected chi connectivity index (χ4v) is 2.18. The van der Waals surface area contributed by atoms with Crippen LogP contribution in [-0.2, 0) is 0 Å². The molecule has 0 fully saturated rings. The quantitative estimate of drug-likeness (QED) is 0.870. The molecule has 0 spiro atoms. The molecule has 20 heavy (non-hydrogen) atoms. The SMILES string of the molecule is COc1ccc(C(=O)NC(CO)CC(C)(C)C)c(C)c1. The highest BCUT2D eigenvalue weighted by molar-refractivity contribution is 5.96. The molecule has 0 saturated heterocycles. The van der Waals surface area contributed by atoms with Crippen molar-refractivity contribution in [3.8, 4) is 5.75 Å². The van der Waals surface area contributed by atoms with Gasteiger partial charge in [0.15, 0.2) is 0 Å². The van der Waals surface area contributed by atoms with E-state index in [1.807, 2.05) is 13.0 Å². The Balaban J connectivity index is 2.79. The van der Waals surface area contributed by atoms with Gasteiger partial charge in [-0.15, -0.1) is 0 Å². The van der Waals surface area contributed by atoms with Crippen molar-refractivity contribution in [3.63, 3.8) is 0 Å². The van der Waals surface area contributed by atoms with Crippen LogP contribution in [0.1, 0.15) is 43.1 Å². The van der Waals surface area contributed by atoms with Crippen LogP contribution in [0.5, 0.6) is 5.75 Å². The van der Waals surface area contributed by atoms with E-state index in [2.05, 4.69) is 26.1 Å². The molecule has 1 amide bonds. The molecule has 0 aliphatic rings. The minimum absolute atomic E-state index is 0.0512. The molecule has 2 N–H and O–H groups in total. The van der Waals surface area contributed by atoms with Gasteiger partial charge in [-0.05, 0) is 42.5 Å². The van der Waals surface area contributed by atoms with Crippen molar-refractivity contribution < 1.29 is 14.6 Å². The van der Waals surface area contributed by atoms with E-state index in [9.17, 15) is 9.90 Å². The number of ether oxygens (including phenoxy) is 1. The second-order valence-electron chi connectivity index (χ2n) is 6.30. The molecule has 4 heteroatoms. The van der Waals surface area contributed by atoms with E-state index in [0.717, 1.165) is 17.7 Å². The number of benzene rings is 1. The van der Waals surface area contributed by atoms with E-state index in [0.29, 0.717) is 5.56 Å². The molecule has 1 rings (SSSR count). The maximum Gasteiger partial charge on any atom is 0.251 e. The molecular formula is C16H25NO3. The van der Waals surface area contributed by atoms with Gasteiger partial charge in [0.2, 0.25) is 0 Å². The summed E-state index contributed by atoms with van der Waals surface area (Å²) in [5, 5.41) is 12.3. The summed E-state index contributed by atoms with van der Waals surface area (Å²) >= 11 is 0. The smallest absolute Gasteiger partial charge is 0.251 e. The number of nitrogens with one attached hydrogen (secondary N) is 1. The van der Waals surface area contributed by atoms with Gasteiger partial charge in [0.25, 0.3) is 5.91 Å². The highest BCUT2D eigenvalue weighted by atomic mass is 16.5. The molecule has 0 radical (unpaired) electrons. The van der Waals surface area contributed by atoms with E-state index >= 15 is 0 Å². The first kappa shape index (κ1) is 16.5. The predicted molar refractivity (Wildman–Crippen MR) is 80.1 cm³/mol. The number of hydrogen-bond acceptors (Lipinski definition) is 3. The van der Waals surface area contributed by atoms with Crippen LogP contribution in [0.3, 0.4) is 0 Å². The lowest BCUT2D eigenvalue weighted by Gasteiger charge is -2.25. The molecule has 1 aromatic carbocycles. The Bertz CT molecular complexity index is 463. The zero-order chi connectivity index (χ0) is 15.3. The van der Waals surface area contributed by atoms with E-state index in [1.54, 1.807) is 19.2 Å². The van der Waals surface area contributed by atoms with Gasteiger partial charge in [-0.3, -0.25) is 4.79 Å². The summed E-state index contributed by atoms with van der Waals surface area (Å²) in [4.78, 5) is 12.3. The molecule has 4 nitrogen and oxygen atoms in total. The number of rotatable bonds is 5. The van der Waals surface area contributed by atoms with Crippen LogP contribution in [0.15, 0.2) is 18.2 Å². The van der Waals surface area contributed by atoms with E-state index in [-0.39, 0.29) is 24.0 Å². The Morgan fingerprint density at radius 3 is 2.50 bits per heavy atom. The second kappa shape index (κ2) is 6.75. The number of hydrogen-bond donors (Lipinski definition) is 2. The summed E-state index contributed by atoms with van der Waals surface area (Å²) in [6.45, 7) is 8.06. The van der Waals surface area contributed by atoms with Gasteiger partial charge >= 0.3 is 0 Å². The fourth-order valence-electron chi connectivity index (χ4n) is 2.18. The zero-order valence-electron chi connectivity index (χ0n) is 13.0. The molecule has 0 bridgehead atoms. The van der Waals surface area contributed by atoms with Crippen molar-refractivity contribution in [3.05, 3.63) is 29.3 Å². The Hall–Kier alpha value is -1.55. The van der Waals surface area contributed by atoms with E-state index in [1.165, 1.54) is 0 Å². The maximum absolute atomic E-state index is 12.3. The van der Waals surface area contributed by atoms with Gasteiger partial charge in [0.05, 0.1) is 19.8 Å². The molecular weight excluding hydrogens is 254 g/mol. The minimum atomic E-state index is -0.232. The number of carbonyl (C=O) groups is 1.